The van der Waals surface area contributed by atoms with Crippen molar-refractivity contribution in [3.05, 3.63) is 54.5 Å². The number of halogens is 2. The van der Waals surface area contributed by atoms with Gasteiger partial charge in [-0.2, -0.15) is 8.78 Å². The summed E-state index contributed by atoms with van der Waals surface area (Å²) in [6, 6.07) is 9.46. The third kappa shape index (κ3) is 2.54. The number of hydrogen-bond donors (Lipinski definition) is 0. The van der Waals surface area contributed by atoms with E-state index < -0.39 is 6.61 Å². The summed E-state index contributed by atoms with van der Waals surface area (Å²) < 4.78 is 31.0. The Hall–Kier alpha value is -3.09. The van der Waals surface area contributed by atoms with Crippen molar-refractivity contribution in [3.8, 4) is 17.1 Å². The van der Waals surface area contributed by atoms with Crippen molar-refractivity contribution in [1.82, 2.24) is 19.4 Å². The van der Waals surface area contributed by atoms with E-state index in [0.29, 0.717) is 11.0 Å². The van der Waals surface area contributed by atoms with Crippen molar-refractivity contribution in [1.29, 1.82) is 0 Å². The average Bonchev–Trinajstić information content (AvgIpc) is 2.97. The Bertz CT molecular complexity index is 1010. The summed E-state index contributed by atoms with van der Waals surface area (Å²) in [4.78, 5) is 13.0. The molecule has 0 radical (unpaired) electrons. The van der Waals surface area contributed by atoms with Gasteiger partial charge in [0, 0.05) is 18.0 Å². The van der Waals surface area contributed by atoms with Gasteiger partial charge in [-0.05, 0) is 36.8 Å². The van der Waals surface area contributed by atoms with Gasteiger partial charge in [-0.15, -0.1) is 0 Å². The molecular formula is C17H12F2N4O. The van der Waals surface area contributed by atoms with E-state index in [2.05, 4.69) is 19.7 Å². The van der Waals surface area contributed by atoms with E-state index in [1.807, 2.05) is 48.0 Å². The molecule has 120 valence electrons. The number of hydrogen-bond acceptors (Lipinski definition) is 4. The summed E-state index contributed by atoms with van der Waals surface area (Å²) in [6.45, 7) is -1.03. The first-order valence-corrected chi connectivity index (χ1v) is 7.26. The van der Waals surface area contributed by atoms with Crippen LogP contribution in [0.5, 0.6) is 5.88 Å². The lowest BCUT2D eigenvalue weighted by atomic mass is 10.1. The van der Waals surface area contributed by atoms with Crippen LogP contribution >= 0.6 is 0 Å². The summed E-state index contributed by atoms with van der Waals surface area (Å²) in [7, 11) is 0. The molecule has 5 nitrogen and oxygen atoms in total. The minimum absolute atomic E-state index is 0.205. The van der Waals surface area contributed by atoms with Crippen molar-refractivity contribution in [2.24, 2.45) is 0 Å². The minimum Gasteiger partial charge on any atom is -0.415 e. The zero-order valence-corrected chi connectivity index (χ0v) is 12.6. The molecule has 4 aromatic rings. The molecule has 24 heavy (non-hydrogen) atoms. The highest BCUT2D eigenvalue weighted by Gasteiger charge is 2.13. The summed E-state index contributed by atoms with van der Waals surface area (Å²) in [6.07, 6.45) is 5.00. The summed E-state index contributed by atoms with van der Waals surface area (Å²) in [5, 5.41) is 0. The van der Waals surface area contributed by atoms with Crippen LogP contribution in [0.25, 0.3) is 27.9 Å². The molecule has 7 heteroatoms. The molecular weight excluding hydrogens is 314 g/mol. The highest BCUT2D eigenvalue weighted by Crippen LogP contribution is 2.28. The van der Waals surface area contributed by atoms with E-state index >= 15 is 0 Å². The standard InChI is InChI=1S/C17H12F2N4O/c1-10-6-11(13-9-23-5-3-2-4-14(23)21-13)16-12(7-10)22-15(8-20-16)24-17(18)19/h2-9,17H,1H3. The van der Waals surface area contributed by atoms with Gasteiger partial charge >= 0.3 is 6.61 Å². The number of ether oxygens (including phenoxy) is 1. The molecule has 0 saturated heterocycles. The molecule has 0 atom stereocenters. The van der Waals surface area contributed by atoms with Crippen molar-refractivity contribution in [2.75, 3.05) is 0 Å². The first-order valence-electron chi connectivity index (χ1n) is 7.26. The van der Waals surface area contributed by atoms with Gasteiger partial charge in [0.05, 0.1) is 22.9 Å². The van der Waals surface area contributed by atoms with Crippen molar-refractivity contribution >= 4 is 16.7 Å². The molecule has 0 amide bonds. The van der Waals surface area contributed by atoms with Crippen LogP contribution in [0, 0.1) is 6.92 Å². The summed E-state index contributed by atoms with van der Waals surface area (Å²) in [5.41, 5.74) is 4.35. The van der Waals surface area contributed by atoms with E-state index in [1.54, 1.807) is 6.07 Å². The van der Waals surface area contributed by atoms with Gasteiger partial charge in [-0.3, -0.25) is 0 Å². The quantitative estimate of drug-likeness (QED) is 0.574. The van der Waals surface area contributed by atoms with Crippen LogP contribution < -0.4 is 4.74 Å². The number of rotatable bonds is 3. The summed E-state index contributed by atoms with van der Waals surface area (Å²) >= 11 is 0. The molecule has 0 aliphatic heterocycles. The number of nitrogens with zero attached hydrogens (tertiary/aromatic N) is 4. The fraction of sp³-hybridized carbons (Fsp3) is 0.118. The Morgan fingerprint density at radius 2 is 2.04 bits per heavy atom. The second-order valence-corrected chi connectivity index (χ2v) is 5.36. The van der Waals surface area contributed by atoms with Crippen LogP contribution in [0.4, 0.5) is 8.78 Å². The number of aromatic nitrogens is 4. The molecule has 4 rings (SSSR count). The van der Waals surface area contributed by atoms with Crippen LogP contribution in [-0.2, 0) is 0 Å². The first kappa shape index (κ1) is 14.5. The predicted molar refractivity (Wildman–Crippen MR) is 85.1 cm³/mol. The number of aryl methyl sites for hydroxylation is 1. The van der Waals surface area contributed by atoms with Gasteiger partial charge in [0.25, 0.3) is 0 Å². The Kier molecular flexibility index (Phi) is 3.34. The molecule has 0 saturated carbocycles. The molecule has 3 aromatic heterocycles. The molecule has 0 spiro atoms. The number of imidazole rings is 1. The highest BCUT2D eigenvalue weighted by molar-refractivity contribution is 5.91. The van der Waals surface area contributed by atoms with Crippen molar-refractivity contribution < 1.29 is 13.5 Å². The fourth-order valence-electron chi connectivity index (χ4n) is 2.66. The third-order valence-corrected chi connectivity index (χ3v) is 3.62. The maximum absolute atomic E-state index is 12.4. The van der Waals surface area contributed by atoms with Gasteiger partial charge in [-0.1, -0.05) is 6.07 Å². The van der Waals surface area contributed by atoms with Gasteiger partial charge < -0.3 is 9.14 Å². The van der Waals surface area contributed by atoms with E-state index in [4.69, 9.17) is 0 Å². The number of pyridine rings is 1. The van der Waals surface area contributed by atoms with Gasteiger partial charge in [0.15, 0.2) is 0 Å². The van der Waals surface area contributed by atoms with Crippen LogP contribution in [0.3, 0.4) is 0 Å². The predicted octanol–water partition coefficient (Wildman–Crippen LogP) is 3.85. The second-order valence-electron chi connectivity index (χ2n) is 5.36. The molecule has 0 bridgehead atoms. The van der Waals surface area contributed by atoms with Gasteiger partial charge in [0.2, 0.25) is 5.88 Å². The smallest absolute Gasteiger partial charge is 0.388 e. The van der Waals surface area contributed by atoms with E-state index in [-0.39, 0.29) is 5.88 Å². The third-order valence-electron chi connectivity index (χ3n) is 3.62. The lowest BCUT2D eigenvalue weighted by Crippen LogP contribution is -2.04. The number of fused-ring (bicyclic) bond motifs is 2. The zero-order chi connectivity index (χ0) is 16.7. The van der Waals surface area contributed by atoms with Gasteiger partial charge in [-0.25, -0.2) is 15.0 Å². The van der Waals surface area contributed by atoms with Gasteiger partial charge in [0.1, 0.15) is 5.65 Å². The highest BCUT2D eigenvalue weighted by atomic mass is 19.3. The molecule has 3 heterocycles. The van der Waals surface area contributed by atoms with E-state index in [0.717, 1.165) is 22.5 Å². The first-order chi connectivity index (χ1) is 11.6. The Balaban J connectivity index is 1.91. The molecule has 0 N–H and O–H groups in total. The Morgan fingerprint density at radius 3 is 2.83 bits per heavy atom. The summed E-state index contributed by atoms with van der Waals surface area (Å²) in [5.74, 6) is -0.205. The molecule has 0 aliphatic carbocycles. The van der Waals surface area contributed by atoms with Crippen molar-refractivity contribution in [3.63, 3.8) is 0 Å². The Morgan fingerprint density at radius 1 is 1.17 bits per heavy atom. The van der Waals surface area contributed by atoms with Crippen LogP contribution in [-0.4, -0.2) is 26.0 Å². The van der Waals surface area contributed by atoms with Crippen LogP contribution in [0.1, 0.15) is 5.56 Å². The van der Waals surface area contributed by atoms with Crippen LogP contribution in [0.15, 0.2) is 48.9 Å². The number of alkyl halides is 2. The molecule has 0 unspecified atom stereocenters. The SMILES string of the molecule is Cc1cc(-c2cn3ccccc3n2)c2ncc(OC(F)F)nc2c1. The molecule has 1 aromatic carbocycles. The molecule has 0 fully saturated rings. The Labute approximate surface area is 135 Å². The molecule has 0 aliphatic rings. The average molecular weight is 326 g/mol. The number of benzene rings is 1. The lowest BCUT2D eigenvalue weighted by molar-refractivity contribution is -0.0528. The maximum Gasteiger partial charge on any atom is 0.388 e. The fourth-order valence-corrected chi connectivity index (χ4v) is 2.66. The monoisotopic (exact) mass is 326 g/mol. The largest absolute Gasteiger partial charge is 0.415 e. The normalized spacial score (nSPS) is 11.5. The van der Waals surface area contributed by atoms with E-state index in [9.17, 15) is 8.78 Å². The lowest BCUT2D eigenvalue weighted by Gasteiger charge is -2.07. The maximum atomic E-state index is 12.4. The van der Waals surface area contributed by atoms with E-state index in [1.165, 1.54) is 6.20 Å². The van der Waals surface area contributed by atoms with Crippen LogP contribution in [0.2, 0.25) is 0 Å². The second kappa shape index (κ2) is 5.52. The topological polar surface area (TPSA) is 52.3 Å². The zero-order valence-electron chi connectivity index (χ0n) is 12.6. The minimum atomic E-state index is -2.93. The van der Waals surface area contributed by atoms with Crippen molar-refractivity contribution in [2.45, 2.75) is 13.5 Å².